The van der Waals surface area contributed by atoms with Crippen molar-refractivity contribution >= 4 is 35.8 Å². The lowest BCUT2D eigenvalue weighted by Gasteiger charge is -2.04. The van der Waals surface area contributed by atoms with Gasteiger partial charge in [-0.15, -0.1) is 0 Å². The van der Waals surface area contributed by atoms with Gasteiger partial charge in [-0.2, -0.15) is 0 Å². The Balaban J connectivity index is 2.51. The molecule has 2 aromatic heterocycles. The summed E-state index contributed by atoms with van der Waals surface area (Å²) >= 11 is 11.6. The van der Waals surface area contributed by atoms with E-state index in [-0.39, 0.29) is 15.9 Å². The smallest absolute Gasteiger partial charge is 0.153 e. The Hall–Kier alpha value is -1.78. The summed E-state index contributed by atoms with van der Waals surface area (Å²) in [5, 5.41) is 0.231. The fraction of sp³-hybridized carbons (Fsp3) is 0. The highest BCUT2D eigenvalue weighted by Crippen LogP contribution is 2.23. The average molecular weight is 281 g/mol. The first kappa shape index (κ1) is 12.7. The van der Waals surface area contributed by atoms with Crippen molar-refractivity contribution in [2.75, 3.05) is 0 Å². The van der Waals surface area contributed by atoms with Crippen molar-refractivity contribution in [3.05, 3.63) is 45.8 Å². The summed E-state index contributed by atoms with van der Waals surface area (Å²) in [4.78, 5) is 29.3. The maximum atomic E-state index is 10.8. The molecule has 0 aliphatic rings. The second-order valence-corrected chi connectivity index (χ2v) is 4.13. The van der Waals surface area contributed by atoms with Crippen molar-refractivity contribution in [1.29, 1.82) is 0 Å². The minimum atomic E-state index is 0.102. The Labute approximate surface area is 113 Å². The van der Waals surface area contributed by atoms with Gasteiger partial charge in [0.25, 0.3) is 0 Å². The first-order valence-corrected chi connectivity index (χ1v) is 5.64. The van der Waals surface area contributed by atoms with Gasteiger partial charge in [0, 0.05) is 11.8 Å². The van der Waals surface area contributed by atoms with E-state index in [4.69, 9.17) is 23.2 Å². The van der Waals surface area contributed by atoms with Gasteiger partial charge in [-0.3, -0.25) is 9.59 Å². The molecule has 0 atom stereocenters. The zero-order valence-corrected chi connectivity index (χ0v) is 10.4. The monoisotopic (exact) mass is 280 g/mol. The number of aromatic nitrogens is 2. The predicted molar refractivity (Wildman–Crippen MR) is 68.3 cm³/mol. The average Bonchev–Trinajstić information content (AvgIpc) is 2.39. The van der Waals surface area contributed by atoms with E-state index in [2.05, 4.69) is 9.97 Å². The molecule has 0 amide bonds. The molecule has 0 N–H and O–H groups in total. The van der Waals surface area contributed by atoms with E-state index in [1.807, 2.05) is 0 Å². The molecular weight excluding hydrogens is 275 g/mol. The summed E-state index contributed by atoms with van der Waals surface area (Å²) in [6.07, 6.45) is 2.71. The number of hydrogen-bond donors (Lipinski definition) is 0. The van der Waals surface area contributed by atoms with Crippen molar-refractivity contribution in [3.63, 3.8) is 0 Å². The fourth-order valence-electron chi connectivity index (χ4n) is 1.38. The first-order chi connectivity index (χ1) is 8.65. The van der Waals surface area contributed by atoms with E-state index < -0.39 is 0 Å². The topological polar surface area (TPSA) is 59.9 Å². The van der Waals surface area contributed by atoms with Crippen molar-refractivity contribution in [2.24, 2.45) is 0 Å². The molecule has 2 aromatic rings. The summed E-state index contributed by atoms with van der Waals surface area (Å²) in [5.41, 5.74) is 1.68. The van der Waals surface area contributed by atoms with Crippen LogP contribution in [0.5, 0.6) is 0 Å². The number of rotatable bonds is 3. The molecular formula is C12H6Cl2N2O2. The van der Waals surface area contributed by atoms with Crippen molar-refractivity contribution in [2.45, 2.75) is 0 Å². The number of hydrogen-bond acceptors (Lipinski definition) is 4. The van der Waals surface area contributed by atoms with E-state index in [1.54, 1.807) is 18.2 Å². The summed E-state index contributed by atoms with van der Waals surface area (Å²) < 4.78 is 0. The highest BCUT2D eigenvalue weighted by Gasteiger charge is 2.08. The minimum absolute atomic E-state index is 0.102. The molecule has 2 heterocycles. The van der Waals surface area contributed by atoms with Crippen LogP contribution in [-0.4, -0.2) is 22.5 Å². The van der Waals surface area contributed by atoms with Crippen molar-refractivity contribution < 1.29 is 9.59 Å². The second-order valence-electron chi connectivity index (χ2n) is 3.42. The normalized spacial score (nSPS) is 10.1. The lowest BCUT2D eigenvalue weighted by atomic mass is 10.1. The number of carbonyl (C=O) groups is 2. The quantitative estimate of drug-likeness (QED) is 0.640. The van der Waals surface area contributed by atoms with Crippen molar-refractivity contribution in [1.82, 2.24) is 9.97 Å². The second kappa shape index (κ2) is 5.25. The maximum Gasteiger partial charge on any atom is 0.153 e. The SMILES string of the molecule is O=Cc1cc(-c2ccc(C=O)c(Cl)n2)cnc1Cl. The standard InChI is InChI=1S/C12H6Cl2N2O2/c13-11-9(6-18)3-8(4-15-11)10-2-1-7(5-17)12(14)16-10/h1-6H. The fourth-order valence-corrected chi connectivity index (χ4v) is 1.73. The molecule has 0 saturated carbocycles. The van der Waals surface area contributed by atoms with E-state index in [0.29, 0.717) is 29.4 Å². The lowest BCUT2D eigenvalue weighted by Crippen LogP contribution is -1.93. The van der Waals surface area contributed by atoms with Crippen LogP contribution in [0.2, 0.25) is 10.3 Å². The number of nitrogens with zero attached hydrogens (tertiary/aromatic N) is 2. The zero-order chi connectivity index (χ0) is 13.1. The molecule has 0 aromatic carbocycles. The highest BCUT2D eigenvalue weighted by molar-refractivity contribution is 6.32. The first-order valence-electron chi connectivity index (χ1n) is 4.88. The molecule has 0 aliphatic heterocycles. The summed E-state index contributed by atoms with van der Waals surface area (Å²) in [7, 11) is 0. The van der Waals surface area contributed by atoms with Gasteiger partial charge in [0.1, 0.15) is 10.3 Å². The van der Waals surface area contributed by atoms with Crippen LogP contribution in [0.1, 0.15) is 20.7 Å². The largest absolute Gasteiger partial charge is 0.298 e. The number of aldehydes is 2. The molecule has 0 saturated heterocycles. The number of halogens is 2. The Kier molecular flexibility index (Phi) is 3.69. The van der Waals surface area contributed by atoms with Gasteiger partial charge in [-0.25, -0.2) is 9.97 Å². The molecule has 2 rings (SSSR count). The molecule has 6 heteroatoms. The molecule has 0 spiro atoms. The van der Waals surface area contributed by atoms with Crippen LogP contribution in [-0.2, 0) is 0 Å². The Morgan fingerprint density at radius 2 is 1.72 bits per heavy atom. The van der Waals surface area contributed by atoms with E-state index in [9.17, 15) is 9.59 Å². The van der Waals surface area contributed by atoms with Crippen LogP contribution >= 0.6 is 23.2 Å². The van der Waals surface area contributed by atoms with Gasteiger partial charge < -0.3 is 0 Å². The van der Waals surface area contributed by atoms with Crippen LogP contribution in [0.4, 0.5) is 0 Å². The molecule has 0 radical (unpaired) electrons. The predicted octanol–water partition coefficient (Wildman–Crippen LogP) is 3.08. The van der Waals surface area contributed by atoms with E-state index >= 15 is 0 Å². The van der Waals surface area contributed by atoms with Crippen LogP contribution in [0.3, 0.4) is 0 Å². The van der Waals surface area contributed by atoms with Gasteiger partial charge in [0.15, 0.2) is 12.6 Å². The van der Waals surface area contributed by atoms with Crippen LogP contribution in [0.15, 0.2) is 24.4 Å². The summed E-state index contributed by atoms with van der Waals surface area (Å²) in [5.74, 6) is 0. The Morgan fingerprint density at radius 1 is 1.00 bits per heavy atom. The van der Waals surface area contributed by atoms with Crippen molar-refractivity contribution in [3.8, 4) is 11.3 Å². The minimum Gasteiger partial charge on any atom is -0.298 e. The highest BCUT2D eigenvalue weighted by atomic mass is 35.5. The van der Waals surface area contributed by atoms with Gasteiger partial charge in [-0.05, 0) is 18.2 Å². The van der Waals surface area contributed by atoms with Gasteiger partial charge in [-0.1, -0.05) is 23.2 Å². The third-order valence-electron chi connectivity index (χ3n) is 2.29. The van der Waals surface area contributed by atoms with Crippen LogP contribution in [0, 0.1) is 0 Å². The van der Waals surface area contributed by atoms with Gasteiger partial charge >= 0.3 is 0 Å². The van der Waals surface area contributed by atoms with E-state index in [0.717, 1.165) is 0 Å². The van der Waals surface area contributed by atoms with Gasteiger partial charge in [0.05, 0.1) is 16.8 Å². The number of pyridine rings is 2. The molecule has 4 nitrogen and oxygen atoms in total. The third kappa shape index (κ3) is 2.39. The van der Waals surface area contributed by atoms with E-state index in [1.165, 1.54) is 6.20 Å². The van der Waals surface area contributed by atoms with Crippen LogP contribution in [0.25, 0.3) is 11.3 Å². The lowest BCUT2D eigenvalue weighted by molar-refractivity contribution is 0.111. The summed E-state index contributed by atoms with van der Waals surface area (Å²) in [6, 6.07) is 4.73. The molecule has 0 unspecified atom stereocenters. The molecule has 90 valence electrons. The molecule has 0 bridgehead atoms. The van der Waals surface area contributed by atoms with Crippen LogP contribution < -0.4 is 0 Å². The Bertz CT molecular complexity index is 629. The molecule has 0 fully saturated rings. The maximum absolute atomic E-state index is 10.8. The zero-order valence-electron chi connectivity index (χ0n) is 8.93. The molecule has 0 aliphatic carbocycles. The summed E-state index contributed by atoms with van der Waals surface area (Å²) in [6.45, 7) is 0. The van der Waals surface area contributed by atoms with Gasteiger partial charge in [0.2, 0.25) is 0 Å². The Morgan fingerprint density at radius 3 is 2.33 bits per heavy atom. The number of carbonyl (C=O) groups excluding carboxylic acids is 2. The molecule has 18 heavy (non-hydrogen) atoms. The third-order valence-corrected chi connectivity index (χ3v) is 2.91.